The van der Waals surface area contributed by atoms with Gasteiger partial charge in [-0.05, 0) is 66.9 Å². The Hall–Kier alpha value is -4.56. The summed E-state index contributed by atoms with van der Waals surface area (Å²) < 4.78 is 0. The average Bonchev–Trinajstić information content (AvgIpc) is 3.02. The van der Waals surface area contributed by atoms with Crippen LogP contribution >= 0.6 is 0 Å². The van der Waals surface area contributed by atoms with Crippen molar-refractivity contribution in [3.8, 4) is 11.1 Å². The molecule has 4 aromatic carbocycles. The predicted octanol–water partition coefficient (Wildman–Crippen LogP) is 10.8. The van der Waals surface area contributed by atoms with Crippen LogP contribution in [0.2, 0.25) is 0 Å². The molecule has 41 heavy (non-hydrogen) atoms. The van der Waals surface area contributed by atoms with Crippen LogP contribution in [-0.4, -0.2) is 12.6 Å². The number of anilines is 2. The van der Waals surface area contributed by atoms with Gasteiger partial charge in [0.25, 0.3) is 0 Å². The predicted molar refractivity (Wildman–Crippen MR) is 182 cm³/mol. The van der Waals surface area contributed by atoms with Crippen molar-refractivity contribution in [2.75, 3.05) is 16.3 Å². The number of hydrogen-bond acceptors (Lipinski definition) is 2. The van der Waals surface area contributed by atoms with Gasteiger partial charge >= 0.3 is 0 Å². The van der Waals surface area contributed by atoms with E-state index in [0.717, 1.165) is 29.2 Å². The molecule has 2 nitrogen and oxygen atoms in total. The topological polar surface area (TPSA) is 6.48 Å². The lowest BCUT2D eigenvalue weighted by atomic mass is 9.94. The maximum atomic E-state index is 4.72. The standard InChI is InChI=1S/C37H36N2.C2H6/c1-5-6-16-28(2)38-26-15-7-8-17-29(3)39(37-23-14-13-22-36(37)38)30(4)34-20-11-12-21-35(34)33-25-24-31-18-9-10-19-32(31)27-33;1-2/h5-25,27,29H,4,26H2,1-3H3;1-2H3/b6-5-,15-7-,17-8-,28-16+;. The fraction of sp³-hybridized carbons (Fsp3) is 0.179. The average molecular weight is 539 g/mol. The third-order valence-electron chi connectivity index (χ3n) is 7.31. The summed E-state index contributed by atoms with van der Waals surface area (Å²) in [7, 11) is 0. The first-order valence-electron chi connectivity index (χ1n) is 14.6. The molecule has 0 bridgehead atoms. The van der Waals surface area contributed by atoms with Crippen molar-refractivity contribution in [1.29, 1.82) is 0 Å². The summed E-state index contributed by atoms with van der Waals surface area (Å²) >= 11 is 0. The number of allylic oxidation sites excluding steroid dienone is 6. The number of hydrogen-bond donors (Lipinski definition) is 0. The minimum Gasteiger partial charge on any atom is -0.340 e. The van der Waals surface area contributed by atoms with Gasteiger partial charge in [0.05, 0.1) is 11.4 Å². The molecule has 0 N–H and O–H groups in total. The quantitative estimate of drug-likeness (QED) is 0.233. The molecule has 5 rings (SSSR count). The summed E-state index contributed by atoms with van der Waals surface area (Å²) in [6, 6.07) is 32.6. The van der Waals surface area contributed by atoms with E-state index in [1.54, 1.807) is 0 Å². The fourth-order valence-corrected chi connectivity index (χ4v) is 5.29. The molecule has 2 heteroatoms. The molecule has 0 aromatic heterocycles. The second-order valence-corrected chi connectivity index (χ2v) is 9.91. The molecule has 0 spiro atoms. The van der Waals surface area contributed by atoms with E-state index in [1.807, 2.05) is 20.8 Å². The first kappa shape index (κ1) is 29.4. The fourth-order valence-electron chi connectivity index (χ4n) is 5.29. The molecule has 1 heterocycles. The van der Waals surface area contributed by atoms with E-state index in [-0.39, 0.29) is 6.04 Å². The van der Waals surface area contributed by atoms with Crippen molar-refractivity contribution in [3.05, 3.63) is 151 Å². The zero-order chi connectivity index (χ0) is 29.2. The molecular formula is C39H42N2. The molecule has 208 valence electrons. The maximum absolute atomic E-state index is 4.72. The Morgan fingerprint density at radius 1 is 0.829 bits per heavy atom. The Kier molecular flexibility index (Phi) is 10.2. The summed E-state index contributed by atoms with van der Waals surface area (Å²) in [5.41, 5.74) is 7.96. The molecule has 0 fully saturated rings. The minimum absolute atomic E-state index is 0.0905. The number of fused-ring (bicyclic) bond motifs is 2. The molecule has 0 radical (unpaired) electrons. The second kappa shape index (κ2) is 14.2. The summed E-state index contributed by atoms with van der Waals surface area (Å²) in [6.45, 7) is 16.0. The Labute approximate surface area is 247 Å². The third-order valence-corrected chi connectivity index (χ3v) is 7.31. The zero-order valence-electron chi connectivity index (χ0n) is 25.1. The summed E-state index contributed by atoms with van der Waals surface area (Å²) in [6.07, 6.45) is 15.1. The Bertz CT molecular complexity index is 1600. The van der Waals surface area contributed by atoms with Gasteiger partial charge in [-0.3, -0.25) is 0 Å². The normalized spacial score (nSPS) is 17.0. The molecule has 1 atom stereocenters. The first-order chi connectivity index (χ1) is 20.1. The molecule has 0 amide bonds. The number of nitrogens with zero attached hydrogens (tertiary/aromatic N) is 2. The van der Waals surface area contributed by atoms with Crippen LogP contribution in [0.4, 0.5) is 11.4 Å². The van der Waals surface area contributed by atoms with Crippen LogP contribution in [-0.2, 0) is 0 Å². The molecule has 1 unspecified atom stereocenters. The van der Waals surface area contributed by atoms with Crippen LogP contribution in [0, 0.1) is 0 Å². The highest BCUT2D eigenvalue weighted by Gasteiger charge is 2.24. The Morgan fingerprint density at radius 2 is 1.51 bits per heavy atom. The van der Waals surface area contributed by atoms with Gasteiger partial charge in [-0.1, -0.05) is 130 Å². The van der Waals surface area contributed by atoms with Gasteiger partial charge in [0.15, 0.2) is 0 Å². The molecule has 0 aliphatic carbocycles. The van der Waals surface area contributed by atoms with E-state index in [9.17, 15) is 0 Å². The lowest BCUT2D eigenvalue weighted by molar-refractivity contribution is 0.863. The molecule has 0 saturated heterocycles. The largest absolute Gasteiger partial charge is 0.340 e. The van der Waals surface area contributed by atoms with Gasteiger partial charge in [0, 0.05) is 29.5 Å². The molecule has 1 aliphatic rings. The van der Waals surface area contributed by atoms with Crippen molar-refractivity contribution in [2.24, 2.45) is 0 Å². The molecule has 4 aromatic rings. The van der Waals surface area contributed by atoms with E-state index in [0.29, 0.717) is 0 Å². The van der Waals surface area contributed by atoms with Crippen LogP contribution in [0.5, 0.6) is 0 Å². The third kappa shape index (κ3) is 6.61. The van der Waals surface area contributed by atoms with Crippen molar-refractivity contribution in [3.63, 3.8) is 0 Å². The number of rotatable bonds is 5. The highest BCUT2D eigenvalue weighted by atomic mass is 15.2. The van der Waals surface area contributed by atoms with Gasteiger partial charge in [-0.2, -0.15) is 0 Å². The number of para-hydroxylation sites is 2. The van der Waals surface area contributed by atoms with Crippen LogP contribution in [0.3, 0.4) is 0 Å². The smallest absolute Gasteiger partial charge is 0.0657 e. The molecule has 0 saturated carbocycles. The number of benzene rings is 4. The molecular weight excluding hydrogens is 496 g/mol. The van der Waals surface area contributed by atoms with Gasteiger partial charge in [-0.15, -0.1) is 0 Å². The monoisotopic (exact) mass is 538 g/mol. The van der Waals surface area contributed by atoms with Crippen molar-refractivity contribution in [2.45, 2.75) is 40.7 Å². The van der Waals surface area contributed by atoms with E-state index >= 15 is 0 Å². The minimum atomic E-state index is 0.0905. The van der Waals surface area contributed by atoms with Crippen molar-refractivity contribution in [1.82, 2.24) is 0 Å². The molecule has 1 aliphatic heterocycles. The maximum Gasteiger partial charge on any atom is 0.0657 e. The van der Waals surface area contributed by atoms with Crippen LogP contribution in [0.1, 0.15) is 40.2 Å². The zero-order valence-corrected chi connectivity index (χ0v) is 25.1. The summed E-state index contributed by atoms with van der Waals surface area (Å²) in [5, 5.41) is 2.48. The van der Waals surface area contributed by atoms with Gasteiger partial charge in [0.2, 0.25) is 0 Å². The Morgan fingerprint density at radius 3 is 2.29 bits per heavy atom. The van der Waals surface area contributed by atoms with Crippen molar-refractivity contribution >= 4 is 27.8 Å². The van der Waals surface area contributed by atoms with Crippen LogP contribution < -0.4 is 9.80 Å². The summed E-state index contributed by atoms with van der Waals surface area (Å²) in [4.78, 5) is 4.74. The van der Waals surface area contributed by atoms with E-state index in [4.69, 9.17) is 6.58 Å². The second-order valence-electron chi connectivity index (χ2n) is 9.91. The highest BCUT2D eigenvalue weighted by Crippen LogP contribution is 2.40. The van der Waals surface area contributed by atoms with Crippen molar-refractivity contribution < 1.29 is 0 Å². The van der Waals surface area contributed by atoms with E-state index < -0.39 is 0 Å². The Balaban J connectivity index is 0.00000189. The van der Waals surface area contributed by atoms with E-state index in [1.165, 1.54) is 27.6 Å². The van der Waals surface area contributed by atoms with Gasteiger partial charge in [0.1, 0.15) is 0 Å². The van der Waals surface area contributed by atoms with E-state index in [2.05, 4.69) is 157 Å². The van der Waals surface area contributed by atoms with Crippen LogP contribution in [0.15, 0.2) is 146 Å². The van der Waals surface area contributed by atoms with Gasteiger partial charge < -0.3 is 9.80 Å². The summed E-state index contributed by atoms with van der Waals surface area (Å²) in [5.74, 6) is 0. The highest BCUT2D eigenvalue weighted by molar-refractivity contribution is 5.94. The lowest BCUT2D eigenvalue weighted by Crippen LogP contribution is -2.33. The van der Waals surface area contributed by atoms with Crippen LogP contribution in [0.25, 0.3) is 27.6 Å². The SMILES string of the molecule is C=C(c1ccccc1-c1ccc2ccccc2c1)N1c2ccccc2N(/C(C)=C/C=C\C)C/C=C\C=C/C1C.CC. The lowest BCUT2D eigenvalue weighted by Gasteiger charge is -2.37. The van der Waals surface area contributed by atoms with Gasteiger partial charge in [-0.25, -0.2) is 0 Å². The first-order valence-corrected chi connectivity index (χ1v) is 14.6.